The van der Waals surface area contributed by atoms with Gasteiger partial charge >= 0.3 is 5.97 Å². The van der Waals surface area contributed by atoms with Gasteiger partial charge in [0.2, 0.25) is 0 Å². The largest absolute Gasteiger partial charge is 0.462 e. The van der Waals surface area contributed by atoms with Crippen LogP contribution < -0.4 is 0 Å². The van der Waals surface area contributed by atoms with Gasteiger partial charge in [-0.05, 0) is 55.8 Å². The van der Waals surface area contributed by atoms with Crippen molar-refractivity contribution in [2.75, 3.05) is 6.61 Å². The van der Waals surface area contributed by atoms with Gasteiger partial charge in [0.1, 0.15) is 0 Å². The lowest BCUT2D eigenvalue weighted by Gasteiger charge is -2.12. The SMILES string of the molecule is CCOC(=O)c1ccc(-n2c(C)ccc2-c2ccccc2)cc1. The Kier molecular flexibility index (Phi) is 4.29. The number of benzene rings is 2. The predicted molar refractivity (Wildman–Crippen MR) is 91.9 cm³/mol. The minimum atomic E-state index is -0.286. The van der Waals surface area contributed by atoms with E-state index in [1.165, 1.54) is 0 Å². The molecule has 0 aliphatic rings. The second-order valence-corrected chi connectivity index (χ2v) is 5.33. The van der Waals surface area contributed by atoms with Crippen LogP contribution in [0.5, 0.6) is 0 Å². The minimum absolute atomic E-state index is 0.286. The Morgan fingerprint density at radius 1 is 0.957 bits per heavy atom. The van der Waals surface area contributed by atoms with E-state index in [0.717, 1.165) is 22.6 Å². The number of esters is 1. The van der Waals surface area contributed by atoms with Crippen molar-refractivity contribution in [2.45, 2.75) is 13.8 Å². The number of nitrogens with zero attached hydrogens (tertiary/aromatic N) is 1. The average Bonchev–Trinajstić information content (AvgIpc) is 2.97. The van der Waals surface area contributed by atoms with E-state index in [2.05, 4.69) is 35.8 Å². The summed E-state index contributed by atoms with van der Waals surface area (Å²) < 4.78 is 7.21. The van der Waals surface area contributed by atoms with Crippen molar-refractivity contribution in [3.05, 3.63) is 78.0 Å². The first kappa shape index (κ1) is 15.1. The molecule has 0 N–H and O–H groups in total. The Bertz CT molecular complexity index is 801. The van der Waals surface area contributed by atoms with Crippen LogP contribution in [0.15, 0.2) is 66.7 Å². The second kappa shape index (κ2) is 6.53. The smallest absolute Gasteiger partial charge is 0.338 e. The number of carbonyl (C=O) groups excluding carboxylic acids is 1. The Labute approximate surface area is 136 Å². The standard InChI is InChI=1S/C20H19NO2/c1-3-23-20(22)17-10-12-18(13-11-17)21-15(2)9-14-19(21)16-7-5-4-6-8-16/h4-14H,3H2,1-2H3. The molecule has 0 atom stereocenters. The van der Waals surface area contributed by atoms with E-state index in [4.69, 9.17) is 4.74 Å². The summed E-state index contributed by atoms with van der Waals surface area (Å²) >= 11 is 0. The second-order valence-electron chi connectivity index (χ2n) is 5.33. The molecule has 0 radical (unpaired) electrons. The van der Waals surface area contributed by atoms with Gasteiger partial charge in [0.15, 0.2) is 0 Å². The molecule has 3 rings (SSSR count). The van der Waals surface area contributed by atoms with Crippen LogP contribution in [0, 0.1) is 6.92 Å². The number of aryl methyl sites for hydroxylation is 1. The Hall–Kier alpha value is -2.81. The van der Waals surface area contributed by atoms with Gasteiger partial charge in [-0.3, -0.25) is 0 Å². The molecule has 0 saturated heterocycles. The molecule has 0 fully saturated rings. The first-order valence-electron chi connectivity index (χ1n) is 7.72. The van der Waals surface area contributed by atoms with E-state index < -0.39 is 0 Å². The molecular weight excluding hydrogens is 286 g/mol. The van der Waals surface area contributed by atoms with Crippen LogP contribution >= 0.6 is 0 Å². The van der Waals surface area contributed by atoms with E-state index in [0.29, 0.717) is 12.2 Å². The van der Waals surface area contributed by atoms with E-state index >= 15 is 0 Å². The lowest BCUT2D eigenvalue weighted by Crippen LogP contribution is -2.05. The topological polar surface area (TPSA) is 31.2 Å². The van der Waals surface area contributed by atoms with Gasteiger partial charge in [0.05, 0.1) is 17.9 Å². The van der Waals surface area contributed by atoms with Crippen LogP contribution in [0.25, 0.3) is 16.9 Å². The van der Waals surface area contributed by atoms with Crippen molar-refractivity contribution >= 4 is 5.97 Å². The summed E-state index contributed by atoms with van der Waals surface area (Å²) in [5, 5.41) is 0. The third-order valence-corrected chi connectivity index (χ3v) is 3.78. The summed E-state index contributed by atoms with van der Waals surface area (Å²) in [6, 6.07) is 22.0. The van der Waals surface area contributed by atoms with Gasteiger partial charge in [-0.25, -0.2) is 4.79 Å². The number of ether oxygens (including phenoxy) is 1. The van der Waals surface area contributed by atoms with Gasteiger partial charge in [0.25, 0.3) is 0 Å². The normalized spacial score (nSPS) is 10.5. The maximum atomic E-state index is 11.8. The quantitative estimate of drug-likeness (QED) is 0.658. The number of hydrogen-bond acceptors (Lipinski definition) is 2. The van der Waals surface area contributed by atoms with Gasteiger partial charge in [-0.2, -0.15) is 0 Å². The highest BCUT2D eigenvalue weighted by molar-refractivity contribution is 5.89. The molecule has 0 amide bonds. The van der Waals surface area contributed by atoms with Gasteiger partial charge < -0.3 is 9.30 Å². The highest BCUT2D eigenvalue weighted by Gasteiger charge is 2.11. The van der Waals surface area contributed by atoms with Gasteiger partial charge in [0, 0.05) is 11.4 Å². The third kappa shape index (κ3) is 3.04. The highest BCUT2D eigenvalue weighted by atomic mass is 16.5. The van der Waals surface area contributed by atoms with Crippen LogP contribution in [0.3, 0.4) is 0 Å². The minimum Gasteiger partial charge on any atom is -0.462 e. The monoisotopic (exact) mass is 305 g/mol. The zero-order chi connectivity index (χ0) is 16.2. The molecule has 23 heavy (non-hydrogen) atoms. The Morgan fingerprint density at radius 3 is 2.30 bits per heavy atom. The van der Waals surface area contributed by atoms with Crippen molar-refractivity contribution in [1.29, 1.82) is 0 Å². The summed E-state index contributed by atoms with van der Waals surface area (Å²) in [5.41, 5.74) is 5.04. The number of carbonyl (C=O) groups is 1. The summed E-state index contributed by atoms with van der Waals surface area (Å²) in [7, 11) is 0. The average molecular weight is 305 g/mol. The van der Waals surface area contributed by atoms with Gasteiger partial charge in [-0.15, -0.1) is 0 Å². The Balaban J connectivity index is 2.00. The predicted octanol–water partition coefficient (Wildman–Crippen LogP) is 4.63. The van der Waals surface area contributed by atoms with Crippen LogP contribution in [0.1, 0.15) is 23.0 Å². The molecule has 2 aromatic carbocycles. The molecule has 3 aromatic rings. The van der Waals surface area contributed by atoms with Crippen LogP contribution in [0.2, 0.25) is 0 Å². The van der Waals surface area contributed by atoms with Crippen molar-refractivity contribution in [2.24, 2.45) is 0 Å². The molecule has 1 aromatic heterocycles. The van der Waals surface area contributed by atoms with Crippen LogP contribution in [-0.2, 0) is 4.74 Å². The molecule has 1 heterocycles. The number of hydrogen-bond donors (Lipinski definition) is 0. The molecule has 0 saturated carbocycles. The highest BCUT2D eigenvalue weighted by Crippen LogP contribution is 2.26. The molecule has 0 aliphatic heterocycles. The fraction of sp³-hybridized carbons (Fsp3) is 0.150. The first-order valence-corrected chi connectivity index (χ1v) is 7.72. The van der Waals surface area contributed by atoms with E-state index in [1.54, 1.807) is 0 Å². The van der Waals surface area contributed by atoms with Crippen molar-refractivity contribution in [3.63, 3.8) is 0 Å². The molecule has 0 spiro atoms. The molecule has 0 aliphatic carbocycles. The Morgan fingerprint density at radius 2 is 1.65 bits per heavy atom. The maximum Gasteiger partial charge on any atom is 0.338 e. The molecule has 0 bridgehead atoms. The lowest BCUT2D eigenvalue weighted by atomic mass is 10.1. The van der Waals surface area contributed by atoms with Crippen LogP contribution in [-0.4, -0.2) is 17.1 Å². The van der Waals surface area contributed by atoms with Crippen molar-refractivity contribution in [3.8, 4) is 16.9 Å². The van der Waals surface area contributed by atoms with E-state index in [1.807, 2.05) is 49.4 Å². The zero-order valence-electron chi connectivity index (χ0n) is 13.3. The fourth-order valence-electron chi connectivity index (χ4n) is 2.68. The summed E-state index contributed by atoms with van der Waals surface area (Å²) in [4.78, 5) is 11.8. The molecule has 116 valence electrons. The zero-order valence-corrected chi connectivity index (χ0v) is 13.3. The van der Waals surface area contributed by atoms with Crippen LogP contribution in [0.4, 0.5) is 0 Å². The fourth-order valence-corrected chi connectivity index (χ4v) is 2.68. The molecular formula is C20H19NO2. The maximum absolute atomic E-state index is 11.8. The molecule has 3 nitrogen and oxygen atoms in total. The third-order valence-electron chi connectivity index (χ3n) is 3.78. The van der Waals surface area contributed by atoms with E-state index in [9.17, 15) is 4.79 Å². The van der Waals surface area contributed by atoms with Gasteiger partial charge in [-0.1, -0.05) is 30.3 Å². The van der Waals surface area contributed by atoms with E-state index in [-0.39, 0.29) is 5.97 Å². The summed E-state index contributed by atoms with van der Waals surface area (Å²) in [6.07, 6.45) is 0. The summed E-state index contributed by atoms with van der Waals surface area (Å²) in [5.74, 6) is -0.286. The first-order chi connectivity index (χ1) is 11.2. The van der Waals surface area contributed by atoms with Crippen molar-refractivity contribution < 1.29 is 9.53 Å². The molecule has 0 unspecified atom stereocenters. The lowest BCUT2D eigenvalue weighted by molar-refractivity contribution is 0.0526. The van der Waals surface area contributed by atoms with Crippen molar-refractivity contribution in [1.82, 2.24) is 4.57 Å². The number of aromatic nitrogens is 1. The number of rotatable bonds is 4. The summed E-state index contributed by atoms with van der Waals surface area (Å²) in [6.45, 7) is 4.27. The molecule has 3 heteroatoms.